The molecule has 0 spiro atoms. The number of carboxylic acid groups (broad SMARTS) is 1. The van der Waals surface area contributed by atoms with Gasteiger partial charge in [0.1, 0.15) is 11.4 Å². The van der Waals surface area contributed by atoms with E-state index in [0.717, 1.165) is 12.3 Å². The monoisotopic (exact) mass is 476 g/mol. The van der Waals surface area contributed by atoms with Crippen molar-refractivity contribution in [3.63, 3.8) is 0 Å². The third kappa shape index (κ3) is 4.28. The fourth-order valence-corrected chi connectivity index (χ4v) is 4.26. The fraction of sp³-hybridized carbons (Fsp3) is 0.364. The van der Waals surface area contributed by atoms with Gasteiger partial charge in [0.25, 0.3) is 6.43 Å². The van der Waals surface area contributed by atoms with Gasteiger partial charge in [-0.05, 0) is 25.1 Å². The highest BCUT2D eigenvalue weighted by Gasteiger charge is 2.31. The smallest absolute Gasteiger partial charge is 0.341 e. The van der Waals surface area contributed by atoms with Crippen LogP contribution in [0.1, 0.15) is 28.8 Å². The molecule has 1 aromatic carbocycles. The minimum Gasteiger partial charge on any atom is -0.477 e. The molecule has 12 heteroatoms. The molecule has 1 saturated heterocycles. The molecule has 34 heavy (non-hydrogen) atoms. The van der Waals surface area contributed by atoms with Gasteiger partial charge in [0.2, 0.25) is 11.4 Å². The highest BCUT2D eigenvalue weighted by Crippen LogP contribution is 2.38. The van der Waals surface area contributed by atoms with Gasteiger partial charge in [-0.15, -0.1) is 0 Å². The molecule has 0 amide bonds. The quantitative estimate of drug-likeness (QED) is 0.533. The zero-order valence-electron chi connectivity index (χ0n) is 18.1. The molecule has 3 heterocycles. The first-order valence-electron chi connectivity index (χ1n) is 10.7. The Labute approximate surface area is 192 Å². The molecule has 0 aliphatic carbocycles. The predicted molar refractivity (Wildman–Crippen MR) is 120 cm³/mol. The maximum atomic E-state index is 15.3. The number of carbonyl (C=O) groups is 1. The van der Waals surface area contributed by atoms with E-state index in [2.05, 4.69) is 9.97 Å². The van der Waals surface area contributed by atoms with Gasteiger partial charge in [-0.25, -0.2) is 27.9 Å². The first kappa shape index (κ1) is 23.5. The topological polar surface area (TPSA) is 118 Å². The Balaban J connectivity index is 1.84. The van der Waals surface area contributed by atoms with Gasteiger partial charge in [0.05, 0.1) is 22.2 Å². The summed E-state index contributed by atoms with van der Waals surface area (Å²) in [5, 5.41) is 9.00. The van der Waals surface area contributed by atoms with Crippen LogP contribution >= 0.6 is 0 Å². The molecular weight excluding hydrogens is 453 g/mol. The van der Waals surface area contributed by atoms with Gasteiger partial charge < -0.3 is 25.2 Å². The molecule has 1 fully saturated rings. The van der Waals surface area contributed by atoms with Crippen LogP contribution in [0.3, 0.4) is 0 Å². The van der Waals surface area contributed by atoms with Crippen molar-refractivity contribution in [2.24, 2.45) is 5.73 Å². The molecule has 1 aliphatic rings. The summed E-state index contributed by atoms with van der Waals surface area (Å²) in [5.74, 6) is -2.03. The molecule has 0 unspecified atom stereocenters. The Bertz CT molecular complexity index is 1260. The minimum absolute atomic E-state index is 0.0947. The van der Waals surface area contributed by atoms with Gasteiger partial charge in [0, 0.05) is 51.3 Å². The van der Waals surface area contributed by atoms with E-state index in [9.17, 15) is 23.5 Å². The number of alkyl halides is 2. The number of hydrogen-bond acceptors (Lipinski definition) is 7. The summed E-state index contributed by atoms with van der Waals surface area (Å²) in [6.45, 7) is 1.51. The number of aryl methyl sites for hydroxylation is 1. The van der Waals surface area contributed by atoms with Crippen LogP contribution in [0.4, 0.5) is 24.8 Å². The average Bonchev–Trinajstić information content (AvgIpc) is 2.83. The number of hydrogen-bond donors (Lipinski definition) is 2. The van der Waals surface area contributed by atoms with Crippen LogP contribution < -0.4 is 21.0 Å². The van der Waals surface area contributed by atoms with E-state index in [-0.39, 0.29) is 37.4 Å². The van der Waals surface area contributed by atoms with E-state index in [1.807, 2.05) is 4.90 Å². The van der Waals surface area contributed by atoms with Crippen molar-refractivity contribution in [2.45, 2.75) is 19.4 Å². The van der Waals surface area contributed by atoms with Crippen molar-refractivity contribution in [2.75, 3.05) is 42.5 Å². The molecular formula is C22H23F3N6O3. The molecule has 3 aromatic rings. The second-order valence-electron chi connectivity index (χ2n) is 7.85. The Morgan fingerprint density at radius 3 is 2.38 bits per heavy atom. The Morgan fingerprint density at radius 2 is 1.79 bits per heavy atom. The first-order chi connectivity index (χ1) is 16.3. The normalized spacial score (nSPS) is 14.3. The summed E-state index contributed by atoms with van der Waals surface area (Å²) >= 11 is 0. The summed E-state index contributed by atoms with van der Waals surface area (Å²) in [5.41, 5.74) is 2.83. The molecule has 180 valence electrons. The van der Waals surface area contributed by atoms with Crippen molar-refractivity contribution in [1.29, 1.82) is 0 Å². The number of aromatic nitrogens is 3. The number of nitrogens with zero attached hydrogens (tertiary/aromatic N) is 5. The Morgan fingerprint density at radius 1 is 1.15 bits per heavy atom. The maximum Gasteiger partial charge on any atom is 0.341 e. The summed E-state index contributed by atoms with van der Waals surface area (Å²) < 4.78 is 45.5. The second-order valence-corrected chi connectivity index (χ2v) is 7.85. The zero-order chi connectivity index (χ0) is 24.4. The van der Waals surface area contributed by atoms with Crippen LogP contribution in [0.5, 0.6) is 0 Å². The summed E-state index contributed by atoms with van der Waals surface area (Å²) in [7, 11) is 0. The van der Waals surface area contributed by atoms with Crippen molar-refractivity contribution in [3.8, 4) is 0 Å². The standard InChI is InChI=1S/C22H23F3N6O3/c23-15-11-13-17(31(6-1-3-26)12-14(19(13)32)21(33)34)16(20(24)25)18(15)29-7-9-30(10-8-29)22-27-4-2-5-28-22/h2,4-5,11-12,20H,1,3,6-10,26H2,(H,33,34). The number of carboxylic acids is 1. The number of fused-ring (bicyclic) bond motifs is 1. The van der Waals surface area contributed by atoms with Gasteiger partial charge in [0.15, 0.2) is 0 Å². The van der Waals surface area contributed by atoms with E-state index < -0.39 is 40.2 Å². The van der Waals surface area contributed by atoms with Crippen LogP contribution in [-0.2, 0) is 6.54 Å². The molecule has 0 bridgehead atoms. The number of aromatic carboxylic acids is 1. The van der Waals surface area contributed by atoms with Gasteiger partial charge >= 0.3 is 5.97 Å². The van der Waals surface area contributed by atoms with Crippen molar-refractivity contribution >= 4 is 28.5 Å². The summed E-state index contributed by atoms with van der Waals surface area (Å²) in [6.07, 6.45) is 1.46. The Kier molecular flexibility index (Phi) is 6.68. The highest BCUT2D eigenvalue weighted by atomic mass is 19.3. The largest absolute Gasteiger partial charge is 0.477 e. The van der Waals surface area contributed by atoms with Crippen LogP contribution in [0.25, 0.3) is 10.9 Å². The van der Waals surface area contributed by atoms with Crippen LogP contribution in [0.2, 0.25) is 0 Å². The number of rotatable bonds is 7. The fourth-order valence-electron chi connectivity index (χ4n) is 4.26. The van der Waals surface area contributed by atoms with Crippen molar-refractivity contribution < 1.29 is 23.1 Å². The van der Waals surface area contributed by atoms with Crippen LogP contribution in [-0.4, -0.2) is 58.3 Å². The minimum atomic E-state index is -3.11. The zero-order valence-corrected chi connectivity index (χ0v) is 18.1. The summed E-state index contributed by atoms with van der Waals surface area (Å²) in [4.78, 5) is 36.0. The van der Waals surface area contributed by atoms with Crippen LogP contribution in [0, 0.1) is 5.82 Å². The van der Waals surface area contributed by atoms with Crippen LogP contribution in [0.15, 0.2) is 35.5 Å². The third-order valence-corrected chi connectivity index (χ3v) is 5.81. The molecule has 1 aliphatic heterocycles. The average molecular weight is 476 g/mol. The van der Waals surface area contributed by atoms with Crippen molar-refractivity contribution in [1.82, 2.24) is 14.5 Å². The number of piperazine rings is 1. The maximum absolute atomic E-state index is 15.3. The molecule has 0 atom stereocenters. The predicted octanol–water partition coefficient (Wildman–Crippen LogP) is 2.24. The lowest BCUT2D eigenvalue weighted by atomic mass is 10.0. The van der Waals surface area contributed by atoms with E-state index >= 15 is 4.39 Å². The van der Waals surface area contributed by atoms with E-state index in [1.165, 1.54) is 9.47 Å². The molecule has 4 rings (SSSR count). The van der Waals surface area contributed by atoms with E-state index in [4.69, 9.17) is 5.73 Å². The second kappa shape index (κ2) is 9.67. The van der Waals surface area contributed by atoms with E-state index in [0.29, 0.717) is 25.5 Å². The van der Waals surface area contributed by atoms with E-state index in [1.54, 1.807) is 18.5 Å². The number of halogens is 3. The molecule has 2 aromatic heterocycles. The number of pyridine rings is 1. The van der Waals surface area contributed by atoms with Gasteiger partial charge in [-0.2, -0.15) is 0 Å². The number of anilines is 2. The van der Waals surface area contributed by atoms with Gasteiger partial charge in [-0.3, -0.25) is 4.79 Å². The number of benzene rings is 1. The SMILES string of the molecule is NCCCn1cc(C(=O)O)c(=O)c2cc(F)c(N3CCN(c4ncccn4)CC3)c(C(F)F)c21. The number of nitrogens with two attached hydrogens (primary N) is 1. The third-order valence-electron chi connectivity index (χ3n) is 5.81. The molecule has 9 nitrogen and oxygen atoms in total. The molecule has 0 saturated carbocycles. The molecule has 3 N–H and O–H groups in total. The first-order valence-corrected chi connectivity index (χ1v) is 10.7. The highest BCUT2D eigenvalue weighted by molar-refractivity contribution is 5.95. The van der Waals surface area contributed by atoms with Gasteiger partial charge in [-0.1, -0.05) is 0 Å². The lowest BCUT2D eigenvalue weighted by Crippen LogP contribution is -2.47. The lowest BCUT2D eigenvalue weighted by Gasteiger charge is -2.37. The van der Waals surface area contributed by atoms with Crippen molar-refractivity contribution in [3.05, 3.63) is 57.9 Å². The Hall–Kier alpha value is -3.67. The molecule has 0 radical (unpaired) electrons. The lowest BCUT2D eigenvalue weighted by molar-refractivity contribution is 0.0694. The summed E-state index contributed by atoms with van der Waals surface area (Å²) in [6, 6.07) is 2.54.